The maximum absolute atomic E-state index is 12.8. The van der Waals surface area contributed by atoms with Crippen LogP contribution in [0.5, 0.6) is 0 Å². The van der Waals surface area contributed by atoms with Crippen molar-refractivity contribution in [2.24, 2.45) is 0 Å². The van der Waals surface area contributed by atoms with E-state index < -0.39 is 0 Å². The highest BCUT2D eigenvalue weighted by Gasteiger charge is 2.09. The summed E-state index contributed by atoms with van der Waals surface area (Å²) >= 11 is 0. The van der Waals surface area contributed by atoms with Gasteiger partial charge in [-0.2, -0.15) is 0 Å². The number of hydrogen-bond donors (Lipinski definition) is 2. The lowest BCUT2D eigenvalue weighted by molar-refractivity contribution is 0.473. The molecule has 2 N–H and O–H groups in total. The quantitative estimate of drug-likeness (QED) is 0.733. The van der Waals surface area contributed by atoms with E-state index in [0.717, 1.165) is 24.9 Å². The largest absolute Gasteiger partial charge is 0.407 e. The number of anilines is 1. The molecule has 0 bridgehead atoms. The van der Waals surface area contributed by atoms with Crippen LogP contribution >= 0.6 is 0 Å². The molecule has 0 fully saturated rings. The first kappa shape index (κ1) is 15.4. The molecule has 0 saturated heterocycles. The van der Waals surface area contributed by atoms with E-state index in [1.165, 1.54) is 12.1 Å². The van der Waals surface area contributed by atoms with E-state index in [-0.39, 0.29) is 11.9 Å². The molecular formula is C15H21FN4O. The highest BCUT2D eigenvalue weighted by molar-refractivity contribution is 5.23. The summed E-state index contributed by atoms with van der Waals surface area (Å²) in [5.41, 5.74) is 1.06. The van der Waals surface area contributed by atoms with Crippen molar-refractivity contribution in [2.45, 2.75) is 39.3 Å². The first-order valence-electron chi connectivity index (χ1n) is 7.21. The Morgan fingerprint density at radius 2 is 2.00 bits per heavy atom. The first-order chi connectivity index (χ1) is 10.2. The molecule has 114 valence electrons. The third kappa shape index (κ3) is 5.15. The minimum absolute atomic E-state index is 0.118. The topological polar surface area (TPSA) is 63.0 Å². The third-order valence-electron chi connectivity index (χ3n) is 2.99. The lowest BCUT2D eigenvalue weighted by Gasteiger charge is -2.11. The zero-order valence-electron chi connectivity index (χ0n) is 12.4. The summed E-state index contributed by atoms with van der Waals surface area (Å²) < 4.78 is 18.3. The maximum atomic E-state index is 12.8. The van der Waals surface area contributed by atoms with Gasteiger partial charge in [-0.25, -0.2) is 4.39 Å². The fourth-order valence-corrected chi connectivity index (χ4v) is 1.99. The van der Waals surface area contributed by atoms with Crippen LogP contribution in [0.4, 0.5) is 10.4 Å². The molecule has 0 aliphatic heterocycles. The van der Waals surface area contributed by atoms with Gasteiger partial charge in [-0.3, -0.25) is 0 Å². The first-order valence-corrected chi connectivity index (χ1v) is 7.21. The molecule has 5 nitrogen and oxygen atoms in total. The molecule has 0 radical (unpaired) electrons. The minimum atomic E-state index is -0.222. The Bertz CT molecular complexity index is 541. The van der Waals surface area contributed by atoms with Crippen molar-refractivity contribution >= 4 is 6.01 Å². The average Bonchev–Trinajstić information content (AvgIpc) is 2.89. The Balaban J connectivity index is 1.82. The molecule has 6 heteroatoms. The number of rotatable bonds is 8. The van der Waals surface area contributed by atoms with Gasteiger partial charge in [0.2, 0.25) is 5.89 Å². The smallest absolute Gasteiger partial charge is 0.315 e. The molecule has 2 aromatic rings. The molecule has 1 heterocycles. The number of aromatic nitrogens is 2. The Kier molecular flexibility index (Phi) is 5.68. The molecular weight excluding hydrogens is 271 g/mol. The van der Waals surface area contributed by atoms with E-state index in [4.69, 9.17) is 4.42 Å². The van der Waals surface area contributed by atoms with Crippen molar-refractivity contribution in [3.63, 3.8) is 0 Å². The van der Waals surface area contributed by atoms with Crippen molar-refractivity contribution in [1.82, 2.24) is 15.5 Å². The van der Waals surface area contributed by atoms with E-state index in [9.17, 15) is 4.39 Å². The van der Waals surface area contributed by atoms with E-state index >= 15 is 0 Å². The van der Waals surface area contributed by atoms with E-state index in [0.29, 0.717) is 18.5 Å². The minimum Gasteiger partial charge on any atom is -0.407 e. The van der Waals surface area contributed by atoms with Crippen LogP contribution in [0, 0.1) is 5.82 Å². The second kappa shape index (κ2) is 7.73. The number of benzene rings is 1. The van der Waals surface area contributed by atoms with Crippen LogP contribution in [-0.2, 0) is 13.0 Å². The number of nitrogens with one attached hydrogen (secondary N) is 2. The Morgan fingerprint density at radius 3 is 2.71 bits per heavy atom. The summed E-state index contributed by atoms with van der Waals surface area (Å²) in [6.45, 7) is 5.62. The second-order valence-corrected chi connectivity index (χ2v) is 5.05. The molecule has 1 aromatic carbocycles. The van der Waals surface area contributed by atoms with Crippen molar-refractivity contribution in [3.05, 3.63) is 41.5 Å². The molecule has 21 heavy (non-hydrogen) atoms. The maximum Gasteiger partial charge on any atom is 0.315 e. The number of halogens is 1. The second-order valence-electron chi connectivity index (χ2n) is 5.05. The van der Waals surface area contributed by atoms with Gasteiger partial charge < -0.3 is 15.1 Å². The molecule has 0 spiro atoms. The van der Waals surface area contributed by atoms with Crippen LogP contribution < -0.4 is 10.6 Å². The standard InChI is InChI=1S/C15H21FN4O/c1-3-8-17-10-14-19-20-15(21-14)18-11(2)9-12-4-6-13(16)7-5-12/h4-7,11,17H,3,8-10H2,1-2H3,(H,18,20). The molecule has 0 aliphatic rings. The molecule has 1 aromatic heterocycles. The predicted octanol–water partition coefficient (Wildman–Crippen LogP) is 2.75. The van der Waals surface area contributed by atoms with Crippen molar-refractivity contribution < 1.29 is 8.81 Å². The van der Waals surface area contributed by atoms with Gasteiger partial charge in [-0.05, 0) is 44.0 Å². The van der Waals surface area contributed by atoms with Crippen molar-refractivity contribution in [2.75, 3.05) is 11.9 Å². The van der Waals surface area contributed by atoms with Gasteiger partial charge in [0.1, 0.15) is 5.82 Å². The highest BCUT2D eigenvalue weighted by atomic mass is 19.1. The SMILES string of the molecule is CCCNCc1nnc(NC(C)Cc2ccc(F)cc2)o1. The molecule has 1 atom stereocenters. The monoisotopic (exact) mass is 292 g/mol. The fourth-order valence-electron chi connectivity index (χ4n) is 1.99. The van der Waals surface area contributed by atoms with Crippen LogP contribution in [0.1, 0.15) is 31.7 Å². The third-order valence-corrected chi connectivity index (χ3v) is 2.99. The van der Waals surface area contributed by atoms with Crippen LogP contribution in [0.25, 0.3) is 0 Å². The summed E-state index contributed by atoms with van der Waals surface area (Å²) in [5, 5.41) is 14.3. The Morgan fingerprint density at radius 1 is 1.24 bits per heavy atom. The highest BCUT2D eigenvalue weighted by Crippen LogP contribution is 2.11. The van der Waals surface area contributed by atoms with Gasteiger partial charge >= 0.3 is 6.01 Å². The van der Waals surface area contributed by atoms with Gasteiger partial charge in [-0.15, -0.1) is 5.10 Å². The van der Waals surface area contributed by atoms with Crippen LogP contribution in [0.15, 0.2) is 28.7 Å². The molecule has 0 amide bonds. The van der Waals surface area contributed by atoms with E-state index in [1.807, 2.05) is 6.92 Å². The van der Waals surface area contributed by atoms with Gasteiger partial charge in [-0.1, -0.05) is 24.2 Å². The van der Waals surface area contributed by atoms with Gasteiger partial charge in [0.15, 0.2) is 0 Å². The van der Waals surface area contributed by atoms with Crippen molar-refractivity contribution in [3.8, 4) is 0 Å². The Labute approximate surface area is 124 Å². The zero-order chi connectivity index (χ0) is 15.1. The van der Waals surface area contributed by atoms with E-state index in [1.54, 1.807) is 12.1 Å². The van der Waals surface area contributed by atoms with Crippen LogP contribution in [0.2, 0.25) is 0 Å². The molecule has 1 unspecified atom stereocenters. The van der Waals surface area contributed by atoms with Gasteiger partial charge in [0.05, 0.1) is 6.54 Å². The fraction of sp³-hybridized carbons (Fsp3) is 0.467. The zero-order valence-corrected chi connectivity index (χ0v) is 12.4. The lowest BCUT2D eigenvalue weighted by Crippen LogP contribution is -2.18. The average molecular weight is 292 g/mol. The molecule has 0 aliphatic carbocycles. The summed E-state index contributed by atoms with van der Waals surface area (Å²) in [7, 11) is 0. The van der Waals surface area contributed by atoms with Crippen LogP contribution in [0.3, 0.4) is 0 Å². The predicted molar refractivity (Wildman–Crippen MR) is 79.5 cm³/mol. The van der Waals surface area contributed by atoms with Crippen molar-refractivity contribution in [1.29, 1.82) is 0 Å². The van der Waals surface area contributed by atoms with Gasteiger partial charge in [0.25, 0.3) is 0 Å². The molecule has 2 rings (SSSR count). The summed E-state index contributed by atoms with van der Waals surface area (Å²) in [6.07, 6.45) is 1.82. The summed E-state index contributed by atoms with van der Waals surface area (Å²) in [4.78, 5) is 0. The van der Waals surface area contributed by atoms with Gasteiger partial charge in [0, 0.05) is 6.04 Å². The Hall–Kier alpha value is -1.95. The molecule has 0 saturated carbocycles. The summed E-state index contributed by atoms with van der Waals surface area (Å²) in [5.74, 6) is 0.348. The van der Waals surface area contributed by atoms with Crippen LogP contribution in [-0.4, -0.2) is 22.8 Å². The lowest BCUT2D eigenvalue weighted by atomic mass is 10.1. The van der Waals surface area contributed by atoms with E-state index in [2.05, 4.69) is 27.8 Å². The summed E-state index contributed by atoms with van der Waals surface area (Å²) in [6, 6.07) is 7.02. The number of hydrogen-bond acceptors (Lipinski definition) is 5. The number of nitrogens with zero attached hydrogens (tertiary/aromatic N) is 2. The normalized spacial score (nSPS) is 12.3.